The number of pyridine rings is 1. The average molecular weight is 414 g/mol. The van der Waals surface area contributed by atoms with Crippen molar-refractivity contribution in [2.75, 3.05) is 20.1 Å². The zero-order chi connectivity index (χ0) is 21.5. The summed E-state index contributed by atoms with van der Waals surface area (Å²) in [6, 6.07) is 8.86. The molecule has 1 aromatic heterocycles. The van der Waals surface area contributed by atoms with E-state index >= 15 is 0 Å². The molecule has 1 atom stereocenters. The Balaban J connectivity index is 1.55. The van der Waals surface area contributed by atoms with Gasteiger partial charge in [-0.1, -0.05) is 18.6 Å². The maximum atomic E-state index is 12.9. The lowest BCUT2D eigenvalue weighted by molar-refractivity contribution is -0.121. The summed E-state index contributed by atoms with van der Waals surface area (Å²) in [6.07, 6.45) is 4.78. The number of nitrogens with zero attached hydrogens (tertiary/aromatic N) is 2. The van der Waals surface area contributed by atoms with Crippen molar-refractivity contribution < 1.29 is 14.0 Å². The third-order valence-electron chi connectivity index (χ3n) is 5.38. The second-order valence-electron chi connectivity index (χ2n) is 7.63. The molecule has 2 heterocycles. The molecule has 1 aliphatic heterocycles. The lowest BCUT2D eigenvalue weighted by Crippen LogP contribution is -2.44. The van der Waals surface area contributed by atoms with E-state index < -0.39 is 0 Å². The quantitative estimate of drug-likeness (QED) is 0.720. The highest BCUT2D eigenvalue weighted by Crippen LogP contribution is 2.14. The van der Waals surface area contributed by atoms with Gasteiger partial charge in [0.25, 0.3) is 11.5 Å². The molecule has 30 heavy (non-hydrogen) atoms. The third kappa shape index (κ3) is 6.00. The van der Waals surface area contributed by atoms with Crippen molar-refractivity contribution in [3.63, 3.8) is 0 Å². The van der Waals surface area contributed by atoms with E-state index in [0.29, 0.717) is 18.2 Å². The van der Waals surface area contributed by atoms with Crippen molar-refractivity contribution in [2.24, 2.45) is 0 Å². The summed E-state index contributed by atoms with van der Waals surface area (Å²) in [5.41, 5.74) is 0.716. The number of amides is 2. The molecule has 0 bridgehead atoms. The van der Waals surface area contributed by atoms with Gasteiger partial charge in [0.1, 0.15) is 12.4 Å². The fourth-order valence-electron chi connectivity index (χ4n) is 3.52. The maximum absolute atomic E-state index is 12.9. The largest absolute Gasteiger partial charge is 0.350 e. The topological polar surface area (TPSA) is 83.4 Å². The minimum Gasteiger partial charge on any atom is -0.350 e. The second-order valence-corrected chi connectivity index (χ2v) is 7.63. The Hall–Kier alpha value is -3.00. The number of carbonyl (C=O) groups excluding carboxylic acids is 2. The van der Waals surface area contributed by atoms with Gasteiger partial charge >= 0.3 is 0 Å². The van der Waals surface area contributed by atoms with Gasteiger partial charge in [-0.25, -0.2) is 4.39 Å². The summed E-state index contributed by atoms with van der Waals surface area (Å²) < 4.78 is 14.1. The van der Waals surface area contributed by atoms with Crippen molar-refractivity contribution in [2.45, 2.75) is 38.4 Å². The zero-order valence-electron chi connectivity index (χ0n) is 17.1. The fourth-order valence-corrected chi connectivity index (χ4v) is 3.52. The number of nitrogens with one attached hydrogen (secondary N) is 2. The molecule has 0 aliphatic carbocycles. The lowest BCUT2D eigenvalue weighted by atomic mass is 10.0. The number of aromatic nitrogens is 1. The summed E-state index contributed by atoms with van der Waals surface area (Å²) in [7, 11) is 2.06. The monoisotopic (exact) mass is 414 g/mol. The van der Waals surface area contributed by atoms with Crippen LogP contribution < -0.4 is 16.2 Å². The van der Waals surface area contributed by atoms with Crippen LogP contribution in [0.1, 0.15) is 35.2 Å². The molecular weight excluding hydrogens is 387 g/mol. The van der Waals surface area contributed by atoms with Gasteiger partial charge in [-0.2, -0.15) is 0 Å². The van der Waals surface area contributed by atoms with Gasteiger partial charge in [-0.15, -0.1) is 0 Å². The number of halogens is 1. The Labute approximate surface area is 174 Å². The molecule has 2 aromatic rings. The van der Waals surface area contributed by atoms with Crippen molar-refractivity contribution in [1.82, 2.24) is 20.1 Å². The van der Waals surface area contributed by atoms with Gasteiger partial charge in [0, 0.05) is 31.4 Å². The number of hydrogen-bond donors (Lipinski definition) is 2. The standard InChI is InChI=1S/C22H27FN4O3/c1-26-11-3-2-4-19(26)13-25-22(30)17-7-10-21(29)27(14-17)15-20(28)24-12-16-5-8-18(23)9-6-16/h5-10,14,19H,2-4,11-13,15H2,1H3,(H,24,28)(H,25,30)/t19-/m1/s1. The molecule has 3 rings (SSSR count). The first-order valence-electron chi connectivity index (χ1n) is 10.1. The van der Waals surface area contributed by atoms with Crippen LogP contribution in [0.2, 0.25) is 0 Å². The normalized spacial score (nSPS) is 16.8. The number of carbonyl (C=O) groups is 2. The Morgan fingerprint density at radius 2 is 1.87 bits per heavy atom. The van der Waals surface area contributed by atoms with Crippen molar-refractivity contribution in [3.8, 4) is 0 Å². The van der Waals surface area contributed by atoms with Crippen LogP contribution in [-0.4, -0.2) is 47.5 Å². The van der Waals surface area contributed by atoms with Gasteiger partial charge in [0.15, 0.2) is 0 Å². The van der Waals surface area contributed by atoms with Gasteiger partial charge in [0.2, 0.25) is 5.91 Å². The van der Waals surface area contributed by atoms with Crippen LogP contribution >= 0.6 is 0 Å². The van der Waals surface area contributed by atoms with Crippen LogP contribution in [-0.2, 0) is 17.9 Å². The molecule has 1 fully saturated rings. The Morgan fingerprint density at radius 3 is 2.60 bits per heavy atom. The maximum Gasteiger partial charge on any atom is 0.252 e. The molecule has 160 valence electrons. The predicted molar refractivity (Wildman–Crippen MR) is 112 cm³/mol. The minimum absolute atomic E-state index is 0.202. The molecule has 7 nitrogen and oxygen atoms in total. The Kier molecular flexibility index (Phi) is 7.35. The third-order valence-corrected chi connectivity index (χ3v) is 5.38. The SMILES string of the molecule is CN1CCCC[C@@H]1CNC(=O)c1ccc(=O)n(CC(=O)NCc2ccc(F)cc2)c1. The molecule has 2 amide bonds. The number of benzene rings is 1. The summed E-state index contributed by atoms with van der Waals surface area (Å²) in [5.74, 6) is -0.987. The summed E-state index contributed by atoms with van der Waals surface area (Å²) in [6.45, 7) is 1.60. The molecule has 2 N–H and O–H groups in total. The van der Waals surface area contributed by atoms with Crippen LogP contribution in [0.15, 0.2) is 47.4 Å². The molecular formula is C22H27FN4O3. The minimum atomic E-state index is -0.372. The van der Waals surface area contributed by atoms with Crippen LogP contribution in [0.3, 0.4) is 0 Å². The zero-order valence-corrected chi connectivity index (χ0v) is 17.1. The first-order valence-corrected chi connectivity index (χ1v) is 10.1. The van der Waals surface area contributed by atoms with Crippen LogP contribution in [0.5, 0.6) is 0 Å². The molecule has 1 saturated heterocycles. The van der Waals surface area contributed by atoms with Crippen molar-refractivity contribution in [3.05, 3.63) is 69.9 Å². The smallest absolute Gasteiger partial charge is 0.252 e. The van der Waals surface area contributed by atoms with Gasteiger partial charge in [-0.3, -0.25) is 14.4 Å². The molecule has 8 heteroatoms. The van der Waals surface area contributed by atoms with Crippen molar-refractivity contribution >= 4 is 11.8 Å². The Morgan fingerprint density at radius 1 is 1.10 bits per heavy atom. The number of piperidine rings is 1. The second kappa shape index (κ2) is 10.2. The first-order chi connectivity index (χ1) is 14.4. The van der Waals surface area contributed by atoms with Gasteiger partial charge in [0.05, 0.1) is 5.56 Å². The average Bonchev–Trinajstić information content (AvgIpc) is 2.74. The van der Waals surface area contributed by atoms with Gasteiger partial charge in [-0.05, 0) is 50.2 Å². The summed E-state index contributed by atoms with van der Waals surface area (Å²) in [4.78, 5) is 39.0. The molecule has 0 unspecified atom stereocenters. The van der Waals surface area contributed by atoms with E-state index in [-0.39, 0.29) is 36.3 Å². The van der Waals surface area contributed by atoms with E-state index in [9.17, 15) is 18.8 Å². The highest BCUT2D eigenvalue weighted by Gasteiger charge is 2.19. The number of rotatable bonds is 7. The van der Waals surface area contributed by atoms with E-state index in [4.69, 9.17) is 0 Å². The van der Waals surface area contributed by atoms with Crippen LogP contribution in [0.4, 0.5) is 4.39 Å². The lowest BCUT2D eigenvalue weighted by Gasteiger charge is -2.32. The predicted octanol–water partition coefficient (Wildman–Crippen LogP) is 1.52. The number of likely N-dealkylation sites (N-methyl/N-ethyl adjacent to an activating group) is 1. The van der Waals surface area contributed by atoms with E-state index in [1.165, 1.54) is 41.5 Å². The molecule has 1 aliphatic rings. The molecule has 0 saturated carbocycles. The molecule has 0 radical (unpaired) electrons. The summed E-state index contributed by atoms with van der Waals surface area (Å²) >= 11 is 0. The Bertz CT molecular complexity index is 942. The molecule has 1 aromatic carbocycles. The van der Waals surface area contributed by atoms with E-state index in [1.54, 1.807) is 12.1 Å². The van der Waals surface area contributed by atoms with E-state index in [0.717, 1.165) is 24.9 Å². The van der Waals surface area contributed by atoms with Crippen molar-refractivity contribution in [1.29, 1.82) is 0 Å². The summed E-state index contributed by atoms with van der Waals surface area (Å²) in [5, 5.41) is 5.61. The van der Waals surface area contributed by atoms with Gasteiger partial charge < -0.3 is 20.1 Å². The number of hydrogen-bond acceptors (Lipinski definition) is 4. The molecule has 0 spiro atoms. The van der Waals surface area contributed by atoms with Crippen LogP contribution in [0, 0.1) is 5.82 Å². The number of likely N-dealkylation sites (tertiary alicyclic amines) is 1. The fraction of sp³-hybridized carbons (Fsp3) is 0.409. The van der Waals surface area contributed by atoms with Crippen LogP contribution in [0.25, 0.3) is 0 Å². The highest BCUT2D eigenvalue weighted by molar-refractivity contribution is 5.93. The first kappa shape index (κ1) is 21.7. The van der Waals surface area contributed by atoms with E-state index in [1.807, 2.05) is 0 Å². The highest BCUT2D eigenvalue weighted by atomic mass is 19.1. The van der Waals surface area contributed by atoms with E-state index in [2.05, 4.69) is 22.6 Å².